The molecule has 9 rings (SSSR count). The van der Waals surface area contributed by atoms with Crippen LogP contribution >= 0.6 is 0 Å². The molecule has 2 aliphatic heterocycles. The molecule has 1 aromatic heterocycles. The van der Waals surface area contributed by atoms with Gasteiger partial charge in [-0.05, 0) is 72.6 Å². The van der Waals surface area contributed by atoms with Gasteiger partial charge in [0.25, 0.3) is 6.71 Å². The summed E-state index contributed by atoms with van der Waals surface area (Å²) in [6.45, 7) is -0.268. The zero-order valence-electron chi connectivity index (χ0n) is 27.6. The number of alkyl halides is 3. The van der Waals surface area contributed by atoms with Gasteiger partial charge in [0.15, 0.2) is 29.9 Å². The zero-order valence-corrected chi connectivity index (χ0v) is 27.6. The normalized spacial score (nSPS) is 12.9. The Morgan fingerprint density at radius 2 is 1.24 bits per heavy atom. The van der Waals surface area contributed by atoms with Gasteiger partial charge in [-0.3, -0.25) is 0 Å². The van der Waals surface area contributed by atoms with E-state index < -0.39 is 54.1 Å². The quantitative estimate of drug-likeness (QED) is 0.0735. The van der Waals surface area contributed by atoms with Gasteiger partial charge in [-0.2, -0.15) is 13.2 Å². The van der Waals surface area contributed by atoms with Crippen molar-refractivity contribution in [3.05, 3.63) is 114 Å². The fourth-order valence-corrected chi connectivity index (χ4v) is 7.35. The van der Waals surface area contributed by atoms with Crippen LogP contribution in [0, 0.1) is 29.1 Å². The number of hydrogen-bond acceptors (Lipinski definition) is 5. The molecule has 7 aromatic rings. The Morgan fingerprint density at radius 3 is 1.93 bits per heavy atom. The van der Waals surface area contributed by atoms with Crippen LogP contribution in [0.3, 0.4) is 0 Å². The molecular weight excluding hydrogens is 723 g/mol. The second kappa shape index (κ2) is 12.2. The average Bonchev–Trinajstić information content (AvgIpc) is 3.54. The summed E-state index contributed by atoms with van der Waals surface area (Å²) in [6, 6.07) is 22.1. The molecule has 0 aliphatic carbocycles. The van der Waals surface area contributed by atoms with Crippen molar-refractivity contribution < 1.29 is 58.5 Å². The monoisotopic (exact) mass is 744 g/mol. The molecule has 0 atom stereocenters. The minimum absolute atomic E-state index is 0.0560. The predicted molar refractivity (Wildman–Crippen MR) is 185 cm³/mol. The summed E-state index contributed by atoms with van der Waals surface area (Å²) in [5, 5.41) is 0.720. The van der Waals surface area contributed by atoms with Gasteiger partial charge in [-0.15, -0.1) is 0 Å². The molecule has 5 nitrogen and oxygen atoms in total. The molecule has 0 saturated carbocycles. The van der Waals surface area contributed by atoms with E-state index in [2.05, 4.69) is 0 Å². The van der Waals surface area contributed by atoms with E-state index in [0.717, 1.165) is 0 Å². The summed E-state index contributed by atoms with van der Waals surface area (Å²) in [7, 11) is 0. The molecule has 2 aliphatic rings. The second-order valence-electron chi connectivity index (χ2n) is 12.6. The van der Waals surface area contributed by atoms with Crippen molar-refractivity contribution in [3.8, 4) is 56.8 Å². The third-order valence-electron chi connectivity index (χ3n) is 9.48. The van der Waals surface area contributed by atoms with Gasteiger partial charge in [0.2, 0.25) is 5.82 Å². The molecule has 6 aromatic carbocycles. The third kappa shape index (κ3) is 5.07. The number of ether oxygens (including phenoxy) is 4. The summed E-state index contributed by atoms with van der Waals surface area (Å²) in [4.78, 5) is 0. The number of hydrogen-bond donors (Lipinski definition) is 0. The molecule has 0 N–H and O–H groups in total. The Labute approximate surface area is 300 Å². The van der Waals surface area contributed by atoms with Crippen LogP contribution in [0.2, 0.25) is 0 Å². The zero-order chi connectivity index (χ0) is 37.6. The molecule has 0 radical (unpaired) electrons. The number of fused-ring (bicyclic) bond motifs is 7. The van der Waals surface area contributed by atoms with Crippen LogP contribution in [0.15, 0.2) is 89.3 Å². The molecule has 0 unspecified atom stereocenters. The van der Waals surface area contributed by atoms with E-state index in [9.17, 15) is 35.1 Å². The van der Waals surface area contributed by atoms with Gasteiger partial charge in [-0.1, -0.05) is 30.3 Å². The van der Waals surface area contributed by atoms with Gasteiger partial charge in [-0.25, -0.2) is 22.0 Å². The molecule has 0 fully saturated rings. The lowest BCUT2D eigenvalue weighted by molar-refractivity contribution is -0.153. The predicted octanol–water partition coefficient (Wildman–Crippen LogP) is 9.68. The molecule has 3 heterocycles. The Bertz CT molecular complexity index is 2680. The highest BCUT2D eigenvalue weighted by atomic mass is 19.4. The van der Waals surface area contributed by atoms with Crippen LogP contribution < -0.4 is 35.3 Å². The number of rotatable bonds is 6. The topological polar surface area (TPSA) is 50.1 Å². The van der Waals surface area contributed by atoms with Crippen LogP contribution in [-0.4, -0.2) is 26.1 Å². The summed E-state index contributed by atoms with van der Waals surface area (Å²) in [5.74, 6) is -8.75. The van der Waals surface area contributed by atoms with E-state index in [0.29, 0.717) is 61.1 Å². The minimum atomic E-state index is -4.62. The van der Waals surface area contributed by atoms with E-state index in [4.69, 9.17) is 23.4 Å². The van der Waals surface area contributed by atoms with Gasteiger partial charge in [0.1, 0.15) is 45.7 Å². The van der Waals surface area contributed by atoms with Crippen LogP contribution in [0.1, 0.15) is 6.92 Å². The average molecular weight is 744 g/mol. The third-order valence-corrected chi connectivity index (χ3v) is 9.48. The van der Waals surface area contributed by atoms with E-state index in [1.54, 1.807) is 61.5 Å². The first kappa shape index (κ1) is 33.6. The molecule has 0 saturated heterocycles. The van der Waals surface area contributed by atoms with Crippen LogP contribution in [0.5, 0.6) is 34.5 Å². The van der Waals surface area contributed by atoms with Gasteiger partial charge in [0.05, 0.1) is 12.2 Å². The molecule has 0 bridgehead atoms. The Morgan fingerprint density at radius 1 is 0.611 bits per heavy atom. The van der Waals surface area contributed by atoms with Crippen molar-refractivity contribution in [3.63, 3.8) is 0 Å². The molecule has 14 heteroatoms. The first-order valence-corrected chi connectivity index (χ1v) is 16.5. The lowest BCUT2D eigenvalue weighted by Crippen LogP contribution is -2.58. The maximum absolute atomic E-state index is 15.0. The summed E-state index contributed by atoms with van der Waals surface area (Å²) < 4.78 is 143. The largest absolute Gasteiger partial charge is 0.494 e. The first-order valence-electron chi connectivity index (χ1n) is 16.5. The van der Waals surface area contributed by atoms with Gasteiger partial charge >= 0.3 is 6.18 Å². The fourth-order valence-electron chi connectivity index (χ4n) is 7.35. The van der Waals surface area contributed by atoms with E-state index in [-0.39, 0.29) is 35.0 Å². The Balaban J connectivity index is 1.29. The first-order chi connectivity index (χ1) is 25.9. The van der Waals surface area contributed by atoms with Crippen molar-refractivity contribution in [1.82, 2.24) is 0 Å². The highest BCUT2D eigenvalue weighted by Gasteiger charge is 2.45. The SMILES string of the molecule is CCOc1cccc2c1B1c3c(OCC(F)(F)F)cccc3Oc3c(-c4cccc5oc6ccc(-c7c(F)c(F)c(F)c(F)c7F)cc6c45)ccc(c31)O2. The van der Waals surface area contributed by atoms with Crippen molar-refractivity contribution in [2.24, 2.45) is 0 Å². The molecule has 54 heavy (non-hydrogen) atoms. The molecule has 0 amide bonds. The lowest BCUT2D eigenvalue weighted by Gasteiger charge is -2.35. The Hall–Kier alpha value is -6.18. The molecule has 270 valence electrons. The van der Waals surface area contributed by atoms with Crippen molar-refractivity contribution >= 4 is 45.0 Å². The second-order valence-corrected chi connectivity index (χ2v) is 12.6. The van der Waals surface area contributed by atoms with Gasteiger partial charge < -0.3 is 23.4 Å². The Kier molecular flexibility index (Phi) is 7.59. The highest BCUT2D eigenvalue weighted by molar-refractivity contribution is 6.99. The van der Waals surface area contributed by atoms with Crippen LogP contribution in [-0.2, 0) is 0 Å². The molecular formula is C40H21BF8O5. The smallest absolute Gasteiger partial charge is 0.422 e. The fraction of sp³-hybridized carbons (Fsp3) is 0.100. The van der Waals surface area contributed by atoms with Gasteiger partial charge in [0, 0.05) is 32.7 Å². The van der Waals surface area contributed by atoms with E-state index >= 15 is 0 Å². The summed E-state index contributed by atoms with van der Waals surface area (Å²) in [5.41, 5.74) is 1.50. The number of furan rings is 1. The van der Waals surface area contributed by atoms with Crippen LogP contribution in [0.4, 0.5) is 35.1 Å². The minimum Gasteiger partial charge on any atom is -0.494 e. The van der Waals surface area contributed by atoms with Crippen molar-refractivity contribution in [2.75, 3.05) is 13.2 Å². The number of halogens is 8. The van der Waals surface area contributed by atoms with Crippen molar-refractivity contribution in [1.29, 1.82) is 0 Å². The standard InChI is InChI=1S/C40H21BF8O5/c1-2-50-24-8-4-10-26-31(24)41-32-25(51-17-40(47,48)49)9-5-11-27(32)54-39-20(13-15-28(53-26)33(39)41)19-6-3-7-23-30(19)21-16-18(12-14-22(21)52-23)29-34(42)36(44)38(46)37(45)35(29)43/h3-16H,2,17H2,1H3. The number of benzene rings is 6. The lowest BCUT2D eigenvalue weighted by atomic mass is 9.34. The maximum Gasteiger partial charge on any atom is 0.422 e. The van der Waals surface area contributed by atoms with E-state index in [1.165, 1.54) is 30.3 Å². The highest BCUT2D eigenvalue weighted by Crippen LogP contribution is 2.46. The molecule has 0 spiro atoms. The summed E-state index contributed by atoms with van der Waals surface area (Å²) >= 11 is 0. The van der Waals surface area contributed by atoms with E-state index in [1.807, 2.05) is 0 Å². The maximum atomic E-state index is 15.0. The van der Waals surface area contributed by atoms with Crippen molar-refractivity contribution in [2.45, 2.75) is 13.1 Å². The van der Waals surface area contributed by atoms with Crippen LogP contribution in [0.25, 0.3) is 44.2 Å². The summed E-state index contributed by atoms with van der Waals surface area (Å²) in [6.07, 6.45) is -4.62.